The summed E-state index contributed by atoms with van der Waals surface area (Å²) in [6.45, 7) is 6.88. The Kier molecular flexibility index (Phi) is 5.11. The van der Waals surface area contributed by atoms with Crippen LogP contribution in [0.5, 0.6) is 0 Å². The Morgan fingerprint density at radius 2 is 1.94 bits per heavy atom. The molecular formula is C15H21NO. The van der Waals surface area contributed by atoms with Crippen molar-refractivity contribution in [3.63, 3.8) is 0 Å². The van der Waals surface area contributed by atoms with Crippen molar-refractivity contribution >= 4 is 6.29 Å². The number of benzene rings is 1. The lowest BCUT2D eigenvalue weighted by Crippen LogP contribution is -2.17. The van der Waals surface area contributed by atoms with Crippen LogP contribution < -0.4 is 0 Å². The van der Waals surface area contributed by atoms with Gasteiger partial charge in [-0.1, -0.05) is 36.4 Å². The molecule has 2 nitrogen and oxygen atoms in total. The number of rotatable bonds is 6. The molecule has 1 rings (SSSR count). The summed E-state index contributed by atoms with van der Waals surface area (Å²) < 4.78 is 0. The van der Waals surface area contributed by atoms with E-state index in [1.54, 1.807) is 0 Å². The maximum Gasteiger partial charge on any atom is 0.146 e. The zero-order valence-electron chi connectivity index (χ0n) is 10.9. The van der Waals surface area contributed by atoms with Crippen LogP contribution in [0.15, 0.2) is 36.4 Å². The van der Waals surface area contributed by atoms with Gasteiger partial charge < -0.3 is 4.90 Å². The number of aryl methyl sites for hydroxylation is 1. The number of hydrogen-bond donors (Lipinski definition) is 0. The van der Waals surface area contributed by atoms with E-state index in [0.29, 0.717) is 5.57 Å². The van der Waals surface area contributed by atoms with Gasteiger partial charge in [0.05, 0.1) is 0 Å². The first kappa shape index (κ1) is 13.7. The molecule has 0 bridgehead atoms. The molecule has 1 aromatic carbocycles. The van der Waals surface area contributed by atoms with Crippen LogP contribution in [0.1, 0.15) is 23.5 Å². The molecule has 1 unspecified atom stereocenters. The Hall–Kier alpha value is -1.41. The topological polar surface area (TPSA) is 20.3 Å². The maximum absolute atomic E-state index is 10.9. The van der Waals surface area contributed by atoms with E-state index in [1.807, 2.05) is 14.1 Å². The summed E-state index contributed by atoms with van der Waals surface area (Å²) in [6.07, 6.45) is 1.80. The van der Waals surface area contributed by atoms with E-state index < -0.39 is 0 Å². The van der Waals surface area contributed by atoms with Gasteiger partial charge in [-0.05, 0) is 45.1 Å². The van der Waals surface area contributed by atoms with Crippen LogP contribution in [0, 0.1) is 6.92 Å². The fourth-order valence-electron chi connectivity index (χ4n) is 1.83. The molecular weight excluding hydrogens is 210 g/mol. The van der Waals surface area contributed by atoms with Gasteiger partial charge in [0.25, 0.3) is 0 Å². The molecule has 0 radical (unpaired) electrons. The van der Waals surface area contributed by atoms with E-state index in [2.05, 4.69) is 42.7 Å². The summed E-state index contributed by atoms with van der Waals surface area (Å²) in [5.41, 5.74) is 3.07. The van der Waals surface area contributed by atoms with Gasteiger partial charge in [-0.25, -0.2) is 0 Å². The lowest BCUT2D eigenvalue weighted by Gasteiger charge is -2.19. The first-order valence-electron chi connectivity index (χ1n) is 5.90. The van der Waals surface area contributed by atoms with Crippen molar-refractivity contribution < 1.29 is 4.79 Å². The molecule has 0 spiro atoms. The van der Waals surface area contributed by atoms with Crippen LogP contribution in [-0.2, 0) is 4.79 Å². The molecule has 0 heterocycles. The smallest absolute Gasteiger partial charge is 0.146 e. The second-order valence-corrected chi connectivity index (χ2v) is 4.75. The summed E-state index contributed by atoms with van der Waals surface area (Å²) in [6, 6.07) is 8.33. The first-order chi connectivity index (χ1) is 8.04. The summed E-state index contributed by atoms with van der Waals surface area (Å²) >= 11 is 0. The number of allylic oxidation sites excluding steroid dienone is 1. The highest BCUT2D eigenvalue weighted by Gasteiger charge is 2.14. The van der Waals surface area contributed by atoms with Crippen LogP contribution in [0.3, 0.4) is 0 Å². The van der Waals surface area contributed by atoms with Gasteiger partial charge in [0, 0.05) is 5.92 Å². The lowest BCUT2D eigenvalue weighted by molar-refractivity contribution is -0.105. The predicted octanol–water partition coefficient (Wildman–Crippen LogP) is 2.79. The highest BCUT2D eigenvalue weighted by molar-refractivity contribution is 5.74. The standard InChI is InChI=1S/C15H21NO/c1-12-5-7-14(8-6-12)15(13(2)11-17)9-10-16(3)4/h5-8,11,15H,2,9-10H2,1,3-4H3. The van der Waals surface area contributed by atoms with Crippen LogP contribution in [0.2, 0.25) is 0 Å². The van der Waals surface area contributed by atoms with Crippen LogP contribution in [-0.4, -0.2) is 31.8 Å². The first-order valence-corrected chi connectivity index (χ1v) is 5.90. The van der Waals surface area contributed by atoms with Gasteiger partial charge in [0.1, 0.15) is 6.29 Å². The largest absolute Gasteiger partial charge is 0.309 e. The van der Waals surface area contributed by atoms with E-state index in [-0.39, 0.29) is 5.92 Å². The summed E-state index contributed by atoms with van der Waals surface area (Å²) in [5.74, 6) is 0.135. The molecule has 0 aliphatic carbocycles. The minimum Gasteiger partial charge on any atom is -0.309 e. The zero-order valence-corrected chi connectivity index (χ0v) is 10.9. The highest BCUT2D eigenvalue weighted by atomic mass is 16.1. The Labute approximate surface area is 104 Å². The van der Waals surface area contributed by atoms with E-state index in [9.17, 15) is 4.79 Å². The Morgan fingerprint density at radius 3 is 2.41 bits per heavy atom. The van der Waals surface area contributed by atoms with Gasteiger partial charge in [0.15, 0.2) is 0 Å². The molecule has 1 aromatic rings. The van der Waals surface area contributed by atoms with Gasteiger partial charge in [-0.2, -0.15) is 0 Å². The van der Waals surface area contributed by atoms with Crippen LogP contribution >= 0.6 is 0 Å². The van der Waals surface area contributed by atoms with Crippen molar-refractivity contribution in [2.75, 3.05) is 20.6 Å². The second kappa shape index (κ2) is 6.36. The molecule has 0 aliphatic heterocycles. The number of aldehydes is 1. The maximum atomic E-state index is 10.9. The van der Waals surface area contributed by atoms with Crippen LogP contribution in [0.25, 0.3) is 0 Å². The Morgan fingerprint density at radius 1 is 1.35 bits per heavy atom. The van der Waals surface area contributed by atoms with Gasteiger partial charge in [0.2, 0.25) is 0 Å². The van der Waals surface area contributed by atoms with E-state index in [4.69, 9.17) is 0 Å². The van der Waals surface area contributed by atoms with E-state index >= 15 is 0 Å². The summed E-state index contributed by atoms with van der Waals surface area (Å²) in [5, 5.41) is 0. The second-order valence-electron chi connectivity index (χ2n) is 4.75. The number of carbonyl (C=O) groups is 1. The van der Waals surface area contributed by atoms with Crippen molar-refractivity contribution in [1.29, 1.82) is 0 Å². The van der Waals surface area contributed by atoms with Crippen molar-refractivity contribution in [3.8, 4) is 0 Å². The third-order valence-corrected chi connectivity index (χ3v) is 2.94. The van der Waals surface area contributed by atoms with Gasteiger partial charge >= 0.3 is 0 Å². The molecule has 0 saturated heterocycles. The fraction of sp³-hybridized carbons (Fsp3) is 0.400. The van der Waals surface area contributed by atoms with E-state index in [0.717, 1.165) is 19.3 Å². The average Bonchev–Trinajstić information content (AvgIpc) is 2.30. The quantitative estimate of drug-likeness (QED) is 0.554. The third-order valence-electron chi connectivity index (χ3n) is 2.94. The third kappa shape index (κ3) is 4.16. The number of nitrogens with zero attached hydrogens (tertiary/aromatic N) is 1. The molecule has 1 atom stereocenters. The Balaban J connectivity index is 2.85. The van der Waals surface area contributed by atoms with Crippen molar-refractivity contribution in [3.05, 3.63) is 47.5 Å². The molecule has 92 valence electrons. The normalized spacial score (nSPS) is 12.5. The molecule has 0 aliphatic rings. The van der Waals surface area contributed by atoms with Crippen molar-refractivity contribution in [1.82, 2.24) is 4.90 Å². The van der Waals surface area contributed by atoms with Crippen molar-refractivity contribution in [2.24, 2.45) is 0 Å². The lowest BCUT2D eigenvalue weighted by atomic mass is 9.89. The predicted molar refractivity (Wildman–Crippen MR) is 72.3 cm³/mol. The monoisotopic (exact) mass is 231 g/mol. The Bertz CT molecular complexity index is 378. The molecule has 0 aromatic heterocycles. The highest BCUT2D eigenvalue weighted by Crippen LogP contribution is 2.26. The van der Waals surface area contributed by atoms with Crippen LogP contribution in [0.4, 0.5) is 0 Å². The SMILES string of the molecule is C=C(C=O)C(CCN(C)C)c1ccc(C)cc1. The minimum atomic E-state index is 0.135. The molecule has 0 N–H and O–H groups in total. The molecule has 0 saturated carbocycles. The zero-order chi connectivity index (χ0) is 12.8. The van der Waals surface area contributed by atoms with E-state index in [1.165, 1.54) is 11.1 Å². The van der Waals surface area contributed by atoms with Crippen molar-refractivity contribution in [2.45, 2.75) is 19.3 Å². The molecule has 0 amide bonds. The van der Waals surface area contributed by atoms with Gasteiger partial charge in [-0.15, -0.1) is 0 Å². The minimum absolute atomic E-state index is 0.135. The number of hydrogen-bond acceptors (Lipinski definition) is 2. The fourth-order valence-corrected chi connectivity index (χ4v) is 1.83. The number of carbonyl (C=O) groups excluding carboxylic acids is 1. The molecule has 2 heteroatoms. The summed E-state index contributed by atoms with van der Waals surface area (Å²) in [7, 11) is 4.08. The average molecular weight is 231 g/mol. The molecule has 17 heavy (non-hydrogen) atoms. The summed E-state index contributed by atoms with van der Waals surface area (Å²) in [4.78, 5) is 13.0. The van der Waals surface area contributed by atoms with Gasteiger partial charge in [-0.3, -0.25) is 4.79 Å². The molecule has 0 fully saturated rings.